The molecule has 0 saturated carbocycles. The van der Waals surface area contributed by atoms with Crippen molar-refractivity contribution in [3.05, 3.63) is 33.3 Å². The summed E-state index contributed by atoms with van der Waals surface area (Å²) in [4.78, 5) is 0. The van der Waals surface area contributed by atoms with Crippen LogP contribution in [0.1, 0.15) is 64.7 Å². The molecule has 1 atom stereocenters. The number of benzene rings is 1. The molecule has 0 radical (unpaired) electrons. The van der Waals surface area contributed by atoms with Crippen LogP contribution in [-0.2, 0) is 26.4 Å². The van der Waals surface area contributed by atoms with Gasteiger partial charge in [0.05, 0.1) is 11.5 Å². The second-order valence-electron chi connectivity index (χ2n) is 9.30. The van der Waals surface area contributed by atoms with Gasteiger partial charge in [0, 0.05) is 16.3 Å². The van der Waals surface area contributed by atoms with Gasteiger partial charge in [-0.15, -0.1) is 0 Å². The summed E-state index contributed by atoms with van der Waals surface area (Å²) in [6.45, 7) is 13.4. The Hall–Kier alpha value is -0.110. The highest BCUT2D eigenvalue weighted by Crippen LogP contribution is 2.37. The van der Waals surface area contributed by atoms with E-state index in [4.69, 9.17) is 12.2 Å². The highest BCUT2D eigenvalue weighted by atomic mass is 79.9. The van der Waals surface area contributed by atoms with E-state index in [-0.39, 0.29) is 28.4 Å². The normalized spacial score (nSPS) is 19.9. The Kier molecular flexibility index (Phi) is 7.15. The number of thiocarbonyl (C=S) groups is 1. The second kappa shape index (κ2) is 8.33. The van der Waals surface area contributed by atoms with E-state index in [0.717, 1.165) is 10.2 Å². The predicted octanol–water partition coefficient (Wildman–Crippen LogP) is 5.34. The third-order valence-electron chi connectivity index (χ3n) is 4.77. The fraction of sp³-hybridized carbons (Fsp3) is 0.650. The van der Waals surface area contributed by atoms with E-state index < -0.39 is 9.84 Å². The van der Waals surface area contributed by atoms with Crippen LogP contribution >= 0.6 is 39.9 Å². The van der Waals surface area contributed by atoms with Gasteiger partial charge in [0.15, 0.2) is 9.84 Å². The average molecular weight is 493 g/mol. The molecule has 27 heavy (non-hydrogen) atoms. The van der Waals surface area contributed by atoms with Gasteiger partial charge in [0.1, 0.15) is 4.32 Å². The Morgan fingerprint density at radius 2 is 1.85 bits per heavy atom. The van der Waals surface area contributed by atoms with Crippen molar-refractivity contribution in [3.63, 3.8) is 0 Å². The van der Waals surface area contributed by atoms with E-state index in [0.29, 0.717) is 10.7 Å². The number of hydrogen-bond donors (Lipinski definition) is 1. The van der Waals surface area contributed by atoms with Crippen molar-refractivity contribution in [3.8, 4) is 0 Å². The van der Waals surface area contributed by atoms with Crippen molar-refractivity contribution in [1.82, 2.24) is 5.32 Å². The van der Waals surface area contributed by atoms with E-state index in [2.05, 4.69) is 74.9 Å². The van der Waals surface area contributed by atoms with Gasteiger partial charge in [-0.25, -0.2) is 8.42 Å². The molecule has 0 amide bonds. The molecule has 7 heteroatoms. The molecule has 1 aromatic carbocycles. The third-order valence-corrected chi connectivity index (χ3v) is 8.53. The SMILES string of the molecule is CC(C)(C)c1cc(Br)c(CSC(=S)N[C@H]2CCS(=O)(=O)C2)c(C(C)(C)C)c1. The molecule has 1 heterocycles. The lowest BCUT2D eigenvalue weighted by molar-refractivity contribution is 0.564. The minimum atomic E-state index is -2.90. The zero-order valence-corrected chi connectivity index (χ0v) is 21.0. The molecule has 1 saturated heterocycles. The van der Waals surface area contributed by atoms with Crippen LogP contribution in [0.3, 0.4) is 0 Å². The van der Waals surface area contributed by atoms with Crippen molar-refractivity contribution >= 4 is 54.1 Å². The molecule has 1 aliphatic rings. The number of thioether (sulfide) groups is 1. The largest absolute Gasteiger partial charge is 0.367 e. The first-order chi connectivity index (χ1) is 12.2. The Balaban J connectivity index is 2.17. The Morgan fingerprint density at radius 1 is 1.22 bits per heavy atom. The van der Waals surface area contributed by atoms with Crippen molar-refractivity contribution in [2.45, 2.75) is 70.6 Å². The first-order valence-corrected chi connectivity index (χ1v) is 13.2. The van der Waals surface area contributed by atoms with Gasteiger partial charge in [-0.05, 0) is 40.0 Å². The summed E-state index contributed by atoms with van der Waals surface area (Å²) < 4.78 is 25.0. The number of nitrogens with one attached hydrogen (secondary N) is 1. The van der Waals surface area contributed by atoms with Gasteiger partial charge < -0.3 is 5.32 Å². The lowest BCUT2D eigenvalue weighted by Gasteiger charge is -2.28. The van der Waals surface area contributed by atoms with Gasteiger partial charge >= 0.3 is 0 Å². The molecule has 3 nitrogen and oxygen atoms in total. The molecule has 152 valence electrons. The summed E-state index contributed by atoms with van der Waals surface area (Å²) in [7, 11) is -2.90. The van der Waals surface area contributed by atoms with E-state index in [1.807, 2.05) is 0 Å². The maximum absolute atomic E-state index is 11.6. The van der Waals surface area contributed by atoms with E-state index in [1.54, 1.807) is 11.8 Å². The highest BCUT2D eigenvalue weighted by molar-refractivity contribution is 9.10. The summed E-state index contributed by atoms with van der Waals surface area (Å²) in [5.74, 6) is 1.19. The molecule has 0 unspecified atom stereocenters. The quantitative estimate of drug-likeness (QED) is 0.578. The zero-order chi connectivity index (χ0) is 20.6. The molecule has 1 aliphatic heterocycles. The van der Waals surface area contributed by atoms with Crippen LogP contribution in [0.15, 0.2) is 16.6 Å². The van der Waals surface area contributed by atoms with Crippen molar-refractivity contribution in [2.75, 3.05) is 11.5 Å². The number of rotatable bonds is 3. The van der Waals surface area contributed by atoms with Gasteiger partial charge in [0.25, 0.3) is 0 Å². The zero-order valence-electron chi connectivity index (χ0n) is 17.0. The molecule has 2 rings (SSSR count). The highest BCUT2D eigenvalue weighted by Gasteiger charge is 2.29. The Labute approximate surface area is 182 Å². The summed E-state index contributed by atoms with van der Waals surface area (Å²) >= 11 is 10.8. The maximum atomic E-state index is 11.6. The van der Waals surface area contributed by atoms with E-state index in [1.165, 1.54) is 16.7 Å². The lowest BCUT2D eigenvalue weighted by atomic mass is 9.79. The molecular weight excluding hydrogens is 462 g/mol. The second-order valence-corrected chi connectivity index (χ2v) is 14.0. The molecule has 0 spiro atoms. The van der Waals surface area contributed by atoms with Crippen LogP contribution in [-0.4, -0.2) is 30.3 Å². The Morgan fingerprint density at radius 3 is 2.33 bits per heavy atom. The maximum Gasteiger partial charge on any atom is 0.152 e. The first kappa shape index (κ1) is 23.2. The summed E-state index contributed by atoms with van der Waals surface area (Å²) in [5.41, 5.74) is 3.99. The molecule has 0 aliphatic carbocycles. The molecule has 1 N–H and O–H groups in total. The Bertz CT molecular complexity index is 821. The average Bonchev–Trinajstić information content (AvgIpc) is 2.82. The number of halogens is 1. The van der Waals surface area contributed by atoms with Gasteiger partial charge in [-0.1, -0.05) is 87.5 Å². The molecule has 0 bridgehead atoms. The fourth-order valence-electron chi connectivity index (χ4n) is 3.14. The minimum Gasteiger partial charge on any atom is -0.367 e. The number of sulfone groups is 1. The van der Waals surface area contributed by atoms with Crippen molar-refractivity contribution in [1.29, 1.82) is 0 Å². The van der Waals surface area contributed by atoms with Crippen molar-refractivity contribution < 1.29 is 8.42 Å². The van der Waals surface area contributed by atoms with E-state index in [9.17, 15) is 8.42 Å². The summed E-state index contributed by atoms with van der Waals surface area (Å²) in [6, 6.07) is 4.48. The van der Waals surface area contributed by atoms with Crippen LogP contribution in [0, 0.1) is 0 Å². The number of hydrogen-bond acceptors (Lipinski definition) is 4. The van der Waals surface area contributed by atoms with Gasteiger partial charge in [-0.2, -0.15) is 0 Å². The van der Waals surface area contributed by atoms with Crippen LogP contribution < -0.4 is 5.32 Å². The molecule has 0 aromatic heterocycles. The van der Waals surface area contributed by atoms with Gasteiger partial charge in [0.2, 0.25) is 0 Å². The van der Waals surface area contributed by atoms with Crippen LogP contribution in [0.5, 0.6) is 0 Å². The standard InChI is InChI=1S/C20H30BrNO2S3/c1-19(2,3)13-9-16(20(4,5)6)15(17(21)10-13)11-26-18(25)22-14-7-8-27(23,24)12-14/h9-10,14H,7-8,11-12H2,1-6H3,(H,22,25)/t14-/m0/s1. The van der Waals surface area contributed by atoms with Crippen LogP contribution in [0.25, 0.3) is 0 Å². The molecule has 1 fully saturated rings. The molecule has 1 aromatic rings. The smallest absolute Gasteiger partial charge is 0.152 e. The topological polar surface area (TPSA) is 46.2 Å². The molecular formula is C20H30BrNO2S3. The van der Waals surface area contributed by atoms with E-state index >= 15 is 0 Å². The van der Waals surface area contributed by atoms with Gasteiger partial charge in [-0.3, -0.25) is 0 Å². The van der Waals surface area contributed by atoms with Crippen molar-refractivity contribution in [2.24, 2.45) is 0 Å². The fourth-order valence-corrected chi connectivity index (χ4v) is 6.78. The first-order valence-electron chi connectivity index (χ1n) is 9.16. The summed E-state index contributed by atoms with van der Waals surface area (Å²) in [6.07, 6.45) is 0.639. The minimum absolute atomic E-state index is 0.0221. The summed E-state index contributed by atoms with van der Waals surface area (Å²) in [5, 5.41) is 3.22. The van der Waals surface area contributed by atoms with Crippen LogP contribution in [0.2, 0.25) is 0 Å². The monoisotopic (exact) mass is 491 g/mol. The predicted molar refractivity (Wildman–Crippen MR) is 126 cm³/mol. The third kappa shape index (κ3) is 6.44. The lowest BCUT2D eigenvalue weighted by Crippen LogP contribution is -2.32. The van der Waals surface area contributed by atoms with Crippen LogP contribution in [0.4, 0.5) is 0 Å².